The minimum Gasteiger partial charge on any atom is -0.398 e. The number of nitrogens with zero attached hydrogens (tertiary/aromatic N) is 1. The second kappa shape index (κ2) is 4.16. The van der Waals surface area contributed by atoms with Crippen LogP contribution in [0.1, 0.15) is 18.4 Å². The van der Waals surface area contributed by atoms with Gasteiger partial charge in [-0.05, 0) is 24.5 Å². The van der Waals surface area contributed by atoms with Crippen molar-refractivity contribution < 1.29 is 9.84 Å². The first-order valence-electron chi connectivity index (χ1n) is 5.18. The van der Waals surface area contributed by atoms with E-state index in [-0.39, 0.29) is 0 Å². The van der Waals surface area contributed by atoms with Crippen LogP contribution in [-0.4, -0.2) is 28.9 Å². The third kappa shape index (κ3) is 2.46. The van der Waals surface area contributed by atoms with Gasteiger partial charge in [-0.3, -0.25) is 4.98 Å². The maximum atomic E-state index is 10.3. The lowest BCUT2D eigenvalue weighted by Gasteiger charge is -2.32. The van der Waals surface area contributed by atoms with E-state index in [0.29, 0.717) is 38.2 Å². The summed E-state index contributed by atoms with van der Waals surface area (Å²) in [7, 11) is 0. The van der Waals surface area contributed by atoms with Crippen LogP contribution in [0.2, 0.25) is 0 Å². The molecule has 0 aromatic carbocycles. The van der Waals surface area contributed by atoms with E-state index in [9.17, 15) is 5.11 Å². The van der Waals surface area contributed by atoms with E-state index in [1.807, 2.05) is 0 Å². The van der Waals surface area contributed by atoms with Crippen molar-refractivity contribution in [2.45, 2.75) is 24.9 Å². The van der Waals surface area contributed by atoms with Gasteiger partial charge in [-0.2, -0.15) is 0 Å². The number of nitrogen functional groups attached to an aromatic ring is 1. The summed E-state index contributed by atoms with van der Waals surface area (Å²) in [6.45, 7) is 1.24. The van der Waals surface area contributed by atoms with Crippen molar-refractivity contribution in [2.24, 2.45) is 0 Å². The van der Waals surface area contributed by atoms with Crippen LogP contribution in [0, 0.1) is 0 Å². The lowest BCUT2D eigenvalue weighted by atomic mass is 9.87. The van der Waals surface area contributed by atoms with Gasteiger partial charge in [-0.1, -0.05) is 0 Å². The first-order valence-corrected chi connectivity index (χ1v) is 5.18. The number of hydrogen-bond acceptors (Lipinski definition) is 4. The summed E-state index contributed by atoms with van der Waals surface area (Å²) in [5.74, 6) is 0. The zero-order chi connectivity index (χ0) is 10.7. The summed E-state index contributed by atoms with van der Waals surface area (Å²) < 4.78 is 5.23. The molecule has 0 amide bonds. The molecular formula is C11H16N2O2. The fourth-order valence-corrected chi connectivity index (χ4v) is 1.87. The normalized spacial score (nSPS) is 20.1. The molecule has 4 heteroatoms. The van der Waals surface area contributed by atoms with Crippen LogP contribution in [0.3, 0.4) is 0 Å². The molecule has 0 atom stereocenters. The molecule has 0 saturated carbocycles. The molecule has 15 heavy (non-hydrogen) atoms. The molecule has 1 fully saturated rings. The van der Waals surface area contributed by atoms with E-state index in [1.165, 1.54) is 0 Å². The summed E-state index contributed by atoms with van der Waals surface area (Å²) in [6.07, 6.45) is 5.29. The summed E-state index contributed by atoms with van der Waals surface area (Å²) in [6, 6.07) is 1.76. The Morgan fingerprint density at radius 3 is 2.87 bits per heavy atom. The van der Waals surface area contributed by atoms with E-state index in [4.69, 9.17) is 10.5 Å². The summed E-state index contributed by atoms with van der Waals surface area (Å²) in [5.41, 5.74) is 6.76. The Bertz CT molecular complexity index is 335. The van der Waals surface area contributed by atoms with E-state index in [1.54, 1.807) is 18.5 Å². The van der Waals surface area contributed by atoms with Crippen molar-refractivity contribution in [1.29, 1.82) is 0 Å². The van der Waals surface area contributed by atoms with E-state index in [2.05, 4.69) is 4.98 Å². The Labute approximate surface area is 89.1 Å². The number of nitrogens with two attached hydrogens (primary N) is 1. The summed E-state index contributed by atoms with van der Waals surface area (Å²) >= 11 is 0. The van der Waals surface area contributed by atoms with Crippen molar-refractivity contribution in [3.05, 3.63) is 24.0 Å². The number of anilines is 1. The lowest BCUT2D eigenvalue weighted by molar-refractivity contribution is -0.0625. The van der Waals surface area contributed by atoms with Crippen LogP contribution < -0.4 is 5.73 Å². The van der Waals surface area contributed by atoms with Gasteiger partial charge in [0.05, 0.1) is 5.60 Å². The quantitative estimate of drug-likeness (QED) is 0.752. The predicted octanol–water partition coefficient (Wildman–Crippen LogP) is 0.748. The highest BCUT2D eigenvalue weighted by Crippen LogP contribution is 2.26. The van der Waals surface area contributed by atoms with Crippen LogP contribution in [0.15, 0.2) is 18.5 Å². The van der Waals surface area contributed by atoms with Crippen LogP contribution >= 0.6 is 0 Å². The lowest BCUT2D eigenvalue weighted by Crippen LogP contribution is -2.38. The number of aromatic nitrogens is 1. The van der Waals surface area contributed by atoms with Crippen LogP contribution in [0.5, 0.6) is 0 Å². The molecule has 0 unspecified atom stereocenters. The third-order valence-electron chi connectivity index (χ3n) is 2.88. The van der Waals surface area contributed by atoms with Gasteiger partial charge >= 0.3 is 0 Å². The number of hydrogen-bond donors (Lipinski definition) is 2. The Balaban J connectivity index is 2.10. The SMILES string of the molecule is Nc1ccncc1CC1(O)CCOCC1. The van der Waals surface area contributed by atoms with Crippen molar-refractivity contribution in [1.82, 2.24) is 4.98 Å². The molecule has 4 nitrogen and oxygen atoms in total. The number of rotatable bonds is 2. The maximum absolute atomic E-state index is 10.3. The van der Waals surface area contributed by atoms with Crippen LogP contribution in [-0.2, 0) is 11.2 Å². The molecule has 1 aliphatic heterocycles. The minimum absolute atomic E-state index is 0.566. The Morgan fingerprint density at radius 1 is 1.47 bits per heavy atom. The number of pyridine rings is 1. The van der Waals surface area contributed by atoms with Gasteiger partial charge in [-0.15, -0.1) is 0 Å². The summed E-state index contributed by atoms with van der Waals surface area (Å²) in [5, 5.41) is 10.3. The molecule has 0 aliphatic carbocycles. The fraction of sp³-hybridized carbons (Fsp3) is 0.545. The highest BCUT2D eigenvalue weighted by Gasteiger charge is 2.30. The molecule has 82 valence electrons. The number of ether oxygens (including phenoxy) is 1. The van der Waals surface area contributed by atoms with Gasteiger partial charge in [0.1, 0.15) is 0 Å². The topological polar surface area (TPSA) is 68.4 Å². The van der Waals surface area contributed by atoms with Crippen molar-refractivity contribution in [3.63, 3.8) is 0 Å². The molecule has 1 aliphatic rings. The second-order valence-corrected chi connectivity index (χ2v) is 4.09. The van der Waals surface area contributed by atoms with Crippen molar-refractivity contribution in [3.8, 4) is 0 Å². The average molecular weight is 208 g/mol. The molecule has 0 spiro atoms. The molecule has 1 saturated heterocycles. The standard InChI is InChI=1S/C11H16N2O2/c12-10-1-4-13-8-9(10)7-11(14)2-5-15-6-3-11/h1,4,8,14H,2-3,5-7H2,(H2,12,13). The van der Waals surface area contributed by atoms with Gasteiger partial charge in [0.15, 0.2) is 0 Å². The molecule has 3 N–H and O–H groups in total. The van der Waals surface area contributed by atoms with E-state index >= 15 is 0 Å². The van der Waals surface area contributed by atoms with E-state index in [0.717, 1.165) is 5.56 Å². The zero-order valence-electron chi connectivity index (χ0n) is 8.65. The minimum atomic E-state index is -0.671. The average Bonchev–Trinajstić information content (AvgIpc) is 2.22. The maximum Gasteiger partial charge on any atom is 0.0733 e. The van der Waals surface area contributed by atoms with Gasteiger partial charge in [-0.25, -0.2) is 0 Å². The predicted molar refractivity (Wildman–Crippen MR) is 57.4 cm³/mol. The highest BCUT2D eigenvalue weighted by molar-refractivity contribution is 5.45. The van der Waals surface area contributed by atoms with Crippen LogP contribution in [0.4, 0.5) is 5.69 Å². The van der Waals surface area contributed by atoms with Crippen LogP contribution in [0.25, 0.3) is 0 Å². The molecule has 0 bridgehead atoms. The first kappa shape index (κ1) is 10.4. The Kier molecular flexibility index (Phi) is 2.88. The Hall–Kier alpha value is -1.13. The highest BCUT2D eigenvalue weighted by atomic mass is 16.5. The molecule has 1 aromatic rings. The van der Waals surface area contributed by atoms with Gasteiger partial charge in [0, 0.05) is 37.7 Å². The molecule has 1 aromatic heterocycles. The number of aliphatic hydroxyl groups is 1. The monoisotopic (exact) mass is 208 g/mol. The van der Waals surface area contributed by atoms with Gasteiger partial charge < -0.3 is 15.6 Å². The fourth-order valence-electron chi connectivity index (χ4n) is 1.87. The smallest absolute Gasteiger partial charge is 0.0733 e. The third-order valence-corrected chi connectivity index (χ3v) is 2.88. The van der Waals surface area contributed by atoms with Gasteiger partial charge in [0.2, 0.25) is 0 Å². The summed E-state index contributed by atoms with van der Waals surface area (Å²) in [4.78, 5) is 4.02. The van der Waals surface area contributed by atoms with E-state index < -0.39 is 5.60 Å². The zero-order valence-corrected chi connectivity index (χ0v) is 8.65. The molecular weight excluding hydrogens is 192 g/mol. The largest absolute Gasteiger partial charge is 0.398 e. The second-order valence-electron chi connectivity index (χ2n) is 4.09. The molecule has 2 heterocycles. The van der Waals surface area contributed by atoms with Gasteiger partial charge in [0.25, 0.3) is 0 Å². The molecule has 0 radical (unpaired) electrons. The molecule has 2 rings (SSSR count). The first-order chi connectivity index (χ1) is 7.20. The van der Waals surface area contributed by atoms with Crippen molar-refractivity contribution >= 4 is 5.69 Å². The Morgan fingerprint density at radius 2 is 2.20 bits per heavy atom. The van der Waals surface area contributed by atoms with Crippen molar-refractivity contribution in [2.75, 3.05) is 18.9 Å².